The van der Waals surface area contributed by atoms with Gasteiger partial charge >= 0.3 is 0 Å². The summed E-state index contributed by atoms with van der Waals surface area (Å²) in [5.41, 5.74) is 3.01. The Balaban J connectivity index is 1.51. The Morgan fingerprint density at radius 2 is 2.04 bits per heavy atom. The first-order valence-corrected chi connectivity index (χ1v) is 9.70. The van der Waals surface area contributed by atoms with E-state index in [1.54, 1.807) is 6.20 Å². The lowest BCUT2D eigenvalue weighted by atomic mass is 10.1. The summed E-state index contributed by atoms with van der Waals surface area (Å²) in [6.45, 7) is 4.87. The molecule has 1 heterocycles. The fourth-order valence-electron chi connectivity index (χ4n) is 2.79. The maximum atomic E-state index is 12.5. The van der Waals surface area contributed by atoms with Crippen molar-refractivity contribution in [1.29, 1.82) is 0 Å². The van der Waals surface area contributed by atoms with E-state index in [0.29, 0.717) is 30.7 Å². The smallest absolute Gasteiger partial charge is 0.238 e. The highest BCUT2D eigenvalue weighted by Crippen LogP contribution is 2.27. The number of hydrogen-bond acceptors (Lipinski definition) is 5. The van der Waals surface area contributed by atoms with Gasteiger partial charge in [-0.15, -0.1) is 11.3 Å². The number of aromatic nitrogens is 1. The monoisotopic (exact) mass is 372 g/mol. The highest BCUT2D eigenvalue weighted by Gasteiger charge is 2.30. The zero-order valence-electron chi connectivity index (χ0n) is 15.1. The molecule has 1 aromatic heterocycles. The lowest BCUT2D eigenvalue weighted by Gasteiger charge is -2.21. The van der Waals surface area contributed by atoms with Crippen LogP contribution in [0.3, 0.4) is 0 Å². The maximum absolute atomic E-state index is 12.5. The van der Waals surface area contributed by atoms with Crippen LogP contribution in [0.25, 0.3) is 0 Å². The van der Waals surface area contributed by atoms with E-state index >= 15 is 0 Å². The minimum atomic E-state index is -0.0689. The van der Waals surface area contributed by atoms with Gasteiger partial charge < -0.3 is 10.6 Å². The molecular formula is C19H24N4O2S. The van der Waals surface area contributed by atoms with E-state index < -0.39 is 0 Å². The van der Waals surface area contributed by atoms with Crippen molar-refractivity contribution in [3.8, 4) is 0 Å². The SMILES string of the molecule is Cc1ccc(C)c(NC(=O)CN(CCC(=O)Nc2nccs2)C2CC2)c1. The molecule has 7 heteroatoms. The number of carbonyl (C=O) groups is 2. The Kier molecular flexibility index (Phi) is 6.00. The molecule has 1 aliphatic carbocycles. The van der Waals surface area contributed by atoms with Crippen LogP contribution in [0.2, 0.25) is 0 Å². The molecule has 0 saturated heterocycles. The summed E-state index contributed by atoms with van der Waals surface area (Å²) in [5.74, 6) is -0.105. The summed E-state index contributed by atoms with van der Waals surface area (Å²) in [5, 5.41) is 8.22. The van der Waals surface area contributed by atoms with Gasteiger partial charge in [-0.3, -0.25) is 14.5 Å². The predicted molar refractivity (Wildman–Crippen MR) is 105 cm³/mol. The Hall–Kier alpha value is -2.25. The standard InChI is InChI=1S/C19H24N4O2S/c1-13-3-4-14(2)16(11-13)21-18(25)12-23(15-5-6-15)9-7-17(24)22-19-20-8-10-26-19/h3-4,8,10-11,15H,5-7,9,12H2,1-2H3,(H,21,25)(H,20,22,24). The van der Waals surface area contributed by atoms with Crippen molar-refractivity contribution in [2.24, 2.45) is 0 Å². The third-order valence-electron chi connectivity index (χ3n) is 4.38. The van der Waals surface area contributed by atoms with Gasteiger partial charge in [0, 0.05) is 36.3 Å². The van der Waals surface area contributed by atoms with Crippen LogP contribution in [0.5, 0.6) is 0 Å². The second-order valence-electron chi connectivity index (χ2n) is 6.70. The molecule has 1 aliphatic rings. The molecule has 0 bridgehead atoms. The van der Waals surface area contributed by atoms with E-state index in [2.05, 4.69) is 20.5 Å². The molecule has 3 rings (SSSR count). The van der Waals surface area contributed by atoms with Gasteiger partial charge in [-0.1, -0.05) is 12.1 Å². The number of carbonyl (C=O) groups excluding carboxylic acids is 2. The van der Waals surface area contributed by atoms with Crippen LogP contribution in [0.1, 0.15) is 30.4 Å². The molecule has 138 valence electrons. The molecule has 0 unspecified atom stereocenters. The highest BCUT2D eigenvalue weighted by atomic mass is 32.1. The normalized spacial score (nSPS) is 13.7. The molecule has 0 atom stereocenters. The van der Waals surface area contributed by atoms with E-state index in [0.717, 1.165) is 29.7 Å². The molecule has 0 spiro atoms. The van der Waals surface area contributed by atoms with Crippen molar-refractivity contribution in [3.63, 3.8) is 0 Å². The van der Waals surface area contributed by atoms with Gasteiger partial charge in [0.15, 0.2) is 5.13 Å². The second-order valence-corrected chi connectivity index (χ2v) is 7.60. The number of nitrogens with zero attached hydrogens (tertiary/aromatic N) is 2. The Morgan fingerprint density at radius 1 is 1.23 bits per heavy atom. The van der Waals surface area contributed by atoms with Crippen LogP contribution in [-0.4, -0.2) is 40.8 Å². The lowest BCUT2D eigenvalue weighted by molar-refractivity contribution is -0.119. The van der Waals surface area contributed by atoms with Crippen molar-refractivity contribution >= 4 is 34.0 Å². The number of amides is 2. The summed E-state index contributed by atoms with van der Waals surface area (Å²) in [7, 11) is 0. The van der Waals surface area contributed by atoms with E-state index in [9.17, 15) is 9.59 Å². The first-order valence-electron chi connectivity index (χ1n) is 8.82. The molecule has 1 fully saturated rings. The molecule has 0 radical (unpaired) electrons. The summed E-state index contributed by atoms with van der Waals surface area (Å²) in [6, 6.07) is 6.43. The van der Waals surface area contributed by atoms with Gasteiger partial charge in [0.25, 0.3) is 0 Å². The van der Waals surface area contributed by atoms with E-state index in [1.807, 2.05) is 37.4 Å². The third kappa shape index (κ3) is 5.37. The quantitative estimate of drug-likeness (QED) is 0.746. The molecule has 1 aromatic carbocycles. The third-order valence-corrected chi connectivity index (χ3v) is 5.07. The van der Waals surface area contributed by atoms with Gasteiger partial charge in [0.2, 0.25) is 11.8 Å². The van der Waals surface area contributed by atoms with Gasteiger partial charge in [-0.25, -0.2) is 4.98 Å². The molecular weight excluding hydrogens is 348 g/mol. The molecule has 26 heavy (non-hydrogen) atoms. The highest BCUT2D eigenvalue weighted by molar-refractivity contribution is 7.13. The lowest BCUT2D eigenvalue weighted by Crippen LogP contribution is -2.37. The van der Waals surface area contributed by atoms with Gasteiger partial charge in [0.05, 0.1) is 6.54 Å². The predicted octanol–water partition coefficient (Wildman–Crippen LogP) is 3.19. The summed E-state index contributed by atoms with van der Waals surface area (Å²) in [6.07, 6.45) is 4.19. The number of aryl methyl sites for hydroxylation is 2. The largest absolute Gasteiger partial charge is 0.325 e. The van der Waals surface area contributed by atoms with Crippen LogP contribution < -0.4 is 10.6 Å². The van der Waals surface area contributed by atoms with Crippen LogP contribution in [-0.2, 0) is 9.59 Å². The second kappa shape index (κ2) is 8.42. The summed E-state index contributed by atoms with van der Waals surface area (Å²) < 4.78 is 0. The Labute approximate surface area is 157 Å². The van der Waals surface area contributed by atoms with Crippen LogP contribution in [0.15, 0.2) is 29.8 Å². The topological polar surface area (TPSA) is 74.3 Å². The molecule has 2 amide bonds. The minimum absolute atomic E-state index is 0.0362. The molecule has 6 nitrogen and oxygen atoms in total. The number of benzene rings is 1. The Morgan fingerprint density at radius 3 is 2.73 bits per heavy atom. The average Bonchev–Trinajstić information content (AvgIpc) is 3.32. The molecule has 0 aliphatic heterocycles. The van der Waals surface area contributed by atoms with Crippen molar-refractivity contribution in [2.45, 2.75) is 39.2 Å². The van der Waals surface area contributed by atoms with Gasteiger partial charge in [-0.2, -0.15) is 0 Å². The first kappa shape index (κ1) is 18.5. The molecule has 1 saturated carbocycles. The van der Waals surface area contributed by atoms with E-state index in [-0.39, 0.29) is 11.8 Å². The fourth-order valence-corrected chi connectivity index (χ4v) is 3.33. The number of rotatable bonds is 8. The Bertz CT molecular complexity index is 772. The van der Waals surface area contributed by atoms with Crippen molar-refractivity contribution in [2.75, 3.05) is 23.7 Å². The van der Waals surface area contributed by atoms with Crippen molar-refractivity contribution in [3.05, 3.63) is 40.9 Å². The van der Waals surface area contributed by atoms with Gasteiger partial charge in [0.1, 0.15) is 0 Å². The zero-order valence-corrected chi connectivity index (χ0v) is 15.9. The number of anilines is 2. The number of hydrogen-bond donors (Lipinski definition) is 2. The maximum Gasteiger partial charge on any atom is 0.238 e. The zero-order chi connectivity index (χ0) is 18.5. The van der Waals surface area contributed by atoms with E-state index in [4.69, 9.17) is 0 Å². The molecule has 2 N–H and O–H groups in total. The molecule has 2 aromatic rings. The summed E-state index contributed by atoms with van der Waals surface area (Å²) in [4.78, 5) is 30.7. The number of nitrogens with one attached hydrogen (secondary N) is 2. The first-order chi connectivity index (χ1) is 12.5. The summed E-state index contributed by atoms with van der Waals surface area (Å²) >= 11 is 1.40. The average molecular weight is 372 g/mol. The van der Waals surface area contributed by atoms with Crippen LogP contribution in [0, 0.1) is 13.8 Å². The fraction of sp³-hybridized carbons (Fsp3) is 0.421. The van der Waals surface area contributed by atoms with Crippen LogP contribution >= 0.6 is 11.3 Å². The van der Waals surface area contributed by atoms with E-state index in [1.165, 1.54) is 11.3 Å². The minimum Gasteiger partial charge on any atom is -0.325 e. The van der Waals surface area contributed by atoms with Crippen LogP contribution in [0.4, 0.5) is 10.8 Å². The number of thiazole rings is 1. The van der Waals surface area contributed by atoms with Crippen molar-refractivity contribution < 1.29 is 9.59 Å². The van der Waals surface area contributed by atoms with Gasteiger partial charge in [-0.05, 0) is 43.9 Å². The van der Waals surface area contributed by atoms with Crippen molar-refractivity contribution in [1.82, 2.24) is 9.88 Å².